The minimum absolute atomic E-state index is 0.0368. The first-order valence-corrected chi connectivity index (χ1v) is 14.5. The molecule has 1 fully saturated rings. The van der Waals surface area contributed by atoms with E-state index in [0.29, 0.717) is 46.8 Å². The van der Waals surface area contributed by atoms with E-state index in [4.69, 9.17) is 15.1 Å². The van der Waals surface area contributed by atoms with Crippen LogP contribution in [0.3, 0.4) is 0 Å². The van der Waals surface area contributed by atoms with E-state index in [-0.39, 0.29) is 17.5 Å². The number of sulfonamides is 1. The number of para-hydroxylation sites is 1. The first-order chi connectivity index (χ1) is 17.9. The fourth-order valence-electron chi connectivity index (χ4n) is 4.86. The van der Waals surface area contributed by atoms with Crippen molar-refractivity contribution >= 4 is 54.4 Å². The molecule has 2 aliphatic rings. The van der Waals surface area contributed by atoms with Crippen LogP contribution in [0.2, 0.25) is 0 Å². The lowest BCUT2D eigenvalue weighted by molar-refractivity contribution is -0.122. The molecular formula is C26H27BrF2N4O4S. The summed E-state index contributed by atoms with van der Waals surface area (Å²) in [7, 11) is -4.97. The molecule has 1 saturated carbocycles. The largest absolute Gasteiger partial charge is 0.455 e. The van der Waals surface area contributed by atoms with Crippen LogP contribution in [0.25, 0.3) is 22.3 Å². The van der Waals surface area contributed by atoms with E-state index in [1.54, 1.807) is 18.2 Å². The molecule has 0 spiro atoms. The van der Waals surface area contributed by atoms with Gasteiger partial charge in [0.15, 0.2) is 5.76 Å². The van der Waals surface area contributed by atoms with Crippen LogP contribution < -0.4 is 10.5 Å². The Balaban J connectivity index is 1.49. The van der Waals surface area contributed by atoms with E-state index in [0.717, 1.165) is 24.2 Å². The van der Waals surface area contributed by atoms with Gasteiger partial charge < -0.3 is 15.1 Å². The molecule has 1 aliphatic carbocycles. The first kappa shape index (κ1) is 26.6. The molecule has 8 nitrogen and oxygen atoms in total. The quantitative estimate of drug-likeness (QED) is 0.334. The van der Waals surface area contributed by atoms with Gasteiger partial charge in [-0.25, -0.2) is 8.42 Å². The standard InChI is InChI=1S/C26H27BrF2N4O4S/c1-3-20-31-22(15-9-10-15)23(25(30)34)33(20)13-14-8-11-19-17(12-14)21(27)24(37-19)16-6-4-5-7-18(16)32-38(35,36)26(2,28)29/h4-8,11-12,15,22-23,32H,3,9-10,13H2,1-2H3,(H2,30,34). The lowest BCUT2D eigenvalue weighted by Gasteiger charge is -2.28. The Morgan fingerprint density at radius 2 is 1.97 bits per heavy atom. The number of nitrogens with one attached hydrogen (secondary N) is 1. The average molecular weight is 609 g/mol. The number of benzene rings is 2. The highest BCUT2D eigenvalue weighted by Gasteiger charge is 2.46. The van der Waals surface area contributed by atoms with Gasteiger partial charge in [0.2, 0.25) is 5.91 Å². The highest BCUT2D eigenvalue weighted by molar-refractivity contribution is 9.10. The van der Waals surface area contributed by atoms with Gasteiger partial charge in [-0.2, -0.15) is 8.78 Å². The number of aliphatic imine (C=N–C) groups is 1. The Labute approximate surface area is 227 Å². The molecular weight excluding hydrogens is 582 g/mol. The summed E-state index contributed by atoms with van der Waals surface area (Å²) in [6, 6.07) is 11.1. The van der Waals surface area contributed by atoms with E-state index in [1.165, 1.54) is 12.1 Å². The number of primary amides is 1. The minimum atomic E-state index is -4.97. The lowest BCUT2D eigenvalue weighted by Crippen LogP contribution is -2.48. The number of nitrogens with zero attached hydrogens (tertiary/aromatic N) is 2. The summed E-state index contributed by atoms with van der Waals surface area (Å²) in [6.07, 6.45) is 2.78. The van der Waals surface area contributed by atoms with Crippen molar-refractivity contribution in [3.63, 3.8) is 0 Å². The van der Waals surface area contributed by atoms with Crippen molar-refractivity contribution in [2.24, 2.45) is 16.6 Å². The molecule has 38 heavy (non-hydrogen) atoms. The van der Waals surface area contributed by atoms with Crippen LogP contribution in [0.5, 0.6) is 0 Å². The molecule has 0 bridgehead atoms. The van der Waals surface area contributed by atoms with Gasteiger partial charge in [-0.3, -0.25) is 14.5 Å². The summed E-state index contributed by atoms with van der Waals surface area (Å²) < 4.78 is 60.1. The van der Waals surface area contributed by atoms with Crippen LogP contribution in [0, 0.1) is 5.92 Å². The Morgan fingerprint density at radius 1 is 1.26 bits per heavy atom. The summed E-state index contributed by atoms with van der Waals surface area (Å²) in [6.45, 7) is 2.75. The topological polar surface area (TPSA) is 118 Å². The number of amidine groups is 1. The van der Waals surface area contributed by atoms with E-state index in [1.807, 2.05) is 28.7 Å². The molecule has 202 valence electrons. The number of hydrogen-bond acceptors (Lipinski definition) is 6. The fourth-order valence-corrected chi connectivity index (χ4v) is 6.11. The van der Waals surface area contributed by atoms with Crippen molar-refractivity contribution in [2.45, 2.75) is 57.0 Å². The molecule has 1 amide bonds. The van der Waals surface area contributed by atoms with Crippen LogP contribution in [-0.4, -0.2) is 42.4 Å². The Bertz CT molecular complexity index is 1550. The van der Waals surface area contributed by atoms with Gasteiger partial charge in [0.1, 0.15) is 17.5 Å². The normalized spacial score (nSPS) is 20.1. The van der Waals surface area contributed by atoms with Crippen molar-refractivity contribution in [1.29, 1.82) is 0 Å². The van der Waals surface area contributed by atoms with Gasteiger partial charge in [-0.05, 0) is 64.5 Å². The number of hydrogen-bond donors (Lipinski definition) is 2. The summed E-state index contributed by atoms with van der Waals surface area (Å²) in [5, 5.41) is -3.27. The van der Waals surface area contributed by atoms with Crippen molar-refractivity contribution < 1.29 is 26.4 Å². The van der Waals surface area contributed by atoms with Crippen LogP contribution in [0.1, 0.15) is 38.7 Å². The molecule has 2 atom stereocenters. The molecule has 1 aromatic heterocycles. The SMILES string of the molecule is CCC1=NC(C2CC2)C(C(N)=O)N1Cc1ccc2oc(-c3ccccc3NS(=O)(=O)C(C)(F)F)c(Br)c2c1. The number of anilines is 1. The summed E-state index contributed by atoms with van der Waals surface area (Å²) in [5.41, 5.74) is 7.48. The number of fused-ring (bicyclic) bond motifs is 1. The predicted molar refractivity (Wildman–Crippen MR) is 145 cm³/mol. The molecule has 3 N–H and O–H groups in total. The maximum atomic E-state index is 13.7. The summed E-state index contributed by atoms with van der Waals surface area (Å²) in [5.74, 6) is 1.14. The number of carbonyl (C=O) groups excluding carboxylic acids is 1. The number of rotatable bonds is 9. The lowest BCUT2D eigenvalue weighted by atomic mass is 10.0. The van der Waals surface area contributed by atoms with Gasteiger partial charge in [-0.1, -0.05) is 25.1 Å². The van der Waals surface area contributed by atoms with E-state index < -0.39 is 27.2 Å². The minimum Gasteiger partial charge on any atom is -0.455 e. The zero-order valence-electron chi connectivity index (χ0n) is 20.7. The predicted octanol–water partition coefficient (Wildman–Crippen LogP) is 5.47. The molecule has 2 unspecified atom stereocenters. The van der Waals surface area contributed by atoms with Crippen molar-refractivity contribution in [2.75, 3.05) is 4.72 Å². The second-order valence-corrected chi connectivity index (χ2v) is 12.5. The second-order valence-electron chi connectivity index (χ2n) is 9.74. The number of halogens is 3. The number of alkyl halides is 2. The zero-order chi connectivity index (χ0) is 27.4. The molecule has 2 heterocycles. The second kappa shape index (κ2) is 9.64. The smallest absolute Gasteiger partial charge is 0.361 e. The Kier molecular flexibility index (Phi) is 6.75. The molecule has 0 saturated heterocycles. The number of amides is 1. The van der Waals surface area contributed by atoms with Crippen molar-refractivity contribution in [1.82, 2.24) is 4.90 Å². The van der Waals surface area contributed by atoms with Crippen molar-refractivity contribution in [3.8, 4) is 11.3 Å². The van der Waals surface area contributed by atoms with Gasteiger partial charge in [0.25, 0.3) is 10.0 Å². The number of carbonyl (C=O) groups is 1. The molecule has 3 aromatic rings. The van der Waals surface area contributed by atoms with Gasteiger partial charge in [0, 0.05) is 30.8 Å². The fraction of sp³-hybridized carbons (Fsp3) is 0.385. The first-order valence-electron chi connectivity index (χ1n) is 12.2. The van der Waals surface area contributed by atoms with E-state index in [9.17, 15) is 22.0 Å². The van der Waals surface area contributed by atoms with Crippen LogP contribution >= 0.6 is 15.9 Å². The maximum absolute atomic E-state index is 13.7. The van der Waals surface area contributed by atoms with Crippen molar-refractivity contribution in [3.05, 3.63) is 52.5 Å². The number of nitrogens with two attached hydrogens (primary N) is 1. The maximum Gasteiger partial charge on any atom is 0.361 e. The van der Waals surface area contributed by atoms with Crippen LogP contribution in [-0.2, 0) is 21.4 Å². The van der Waals surface area contributed by atoms with Gasteiger partial charge >= 0.3 is 5.25 Å². The van der Waals surface area contributed by atoms with E-state index in [2.05, 4.69) is 15.9 Å². The Morgan fingerprint density at radius 3 is 2.61 bits per heavy atom. The molecule has 12 heteroatoms. The zero-order valence-corrected chi connectivity index (χ0v) is 23.2. The van der Waals surface area contributed by atoms with Crippen LogP contribution in [0.15, 0.2) is 56.3 Å². The summed E-state index contributed by atoms with van der Waals surface area (Å²) >= 11 is 3.56. The third-order valence-electron chi connectivity index (χ3n) is 6.93. The highest BCUT2D eigenvalue weighted by Crippen LogP contribution is 2.43. The van der Waals surface area contributed by atoms with Gasteiger partial charge in [-0.15, -0.1) is 0 Å². The average Bonchev–Trinajstić information content (AvgIpc) is 3.56. The highest BCUT2D eigenvalue weighted by atomic mass is 79.9. The Hall–Kier alpha value is -2.99. The van der Waals surface area contributed by atoms with Gasteiger partial charge in [0.05, 0.1) is 16.2 Å². The monoisotopic (exact) mass is 608 g/mol. The third-order valence-corrected chi connectivity index (χ3v) is 9.15. The number of furan rings is 1. The van der Waals surface area contributed by atoms with Crippen LogP contribution in [0.4, 0.5) is 14.5 Å². The molecule has 1 aliphatic heterocycles. The molecule has 0 radical (unpaired) electrons. The summed E-state index contributed by atoms with van der Waals surface area (Å²) in [4.78, 5) is 19.2. The molecule has 2 aromatic carbocycles. The van der Waals surface area contributed by atoms with E-state index >= 15 is 0 Å². The third kappa shape index (κ3) is 4.79. The molecule has 5 rings (SSSR count).